The van der Waals surface area contributed by atoms with Crippen LogP contribution in [0.5, 0.6) is 5.75 Å². The molecule has 0 saturated carbocycles. The first-order valence-corrected chi connectivity index (χ1v) is 9.46. The van der Waals surface area contributed by atoms with Crippen LogP contribution >= 0.6 is 0 Å². The van der Waals surface area contributed by atoms with Gasteiger partial charge in [-0.25, -0.2) is 0 Å². The predicted octanol–water partition coefficient (Wildman–Crippen LogP) is 3.79. The third-order valence-corrected chi connectivity index (χ3v) is 4.49. The second-order valence-corrected chi connectivity index (χ2v) is 6.56. The molecule has 2 atom stereocenters. The summed E-state index contributed by atoms with van der Waals surface area (Å²) in [7, 11) is 1.62. The third kappa shape index (κ3) is 4.84. The van der Waals surface area contributed by atoms with Gasteiger partial charge in [-0.15, -0.1) is 0 Å². The standard InChI is InChI=1S/C22H27N3O3/c1-4-23-22(24-14-19(26)16-9-11-18(27-3)12-10-16)25-15(2)21-13-17-7-5-6-8-20(17)28-21/h5-13,15,19,26H,4,14H2,1-3H3,(H2,23,24,25). The fraction of sp³-hybridized carbons (Fsp3) is 0.318. The summed E-state index contributed by atoms with van der Waals surface area (Å²) < 4.78 is 11.1. The highest BCUT2D eigenvalue weighted by atomic mass is 16.5. The van der Waals surface area contributed by atoms with Crippen LogP contribution in [0.3, 0.4) is 0 Å². The number of nitrogens with one attached hydrogen (secondary N) is 2. The third-order valence-electron chi connectivity index (χ3n) is 4.49. The van der Waals surface area contributed by atoms with Crippen molar-refractivity contribution < 1.29 is 14.3 Å². The van der Waals surface area contributed by atoms with Crippen LogP contribution in [0.25, 0.3) is 11.0 Å². The highest BCUT2D eigenvalue weighted by Crippen LogP contribution is 2.23. The smallest absolute Gasteiger partial charge is 0.191 e. The van der Waals surface area contributed by atoms with Gasteiger partial charge in [0, 0.05) is 11.9 Å². The van der Waals surface area contributed by atoms with E-state index in [-0.39, 0.29) is 12.6 Å². The Bertz CT molecular complexity index is 885. The molecule has 3 rings (SSSR count). The summed E-state index contributed by atoms with van der Waals surface area (Å²) in [5.74, 6) is 2.22. The molecular formula is C22H27N3O3. The SMILES string of the molecule is CCNC(=NCC(O)c1ccc(OC)cc1)NC(C)c1cc2ccccc2o1. The molecule has 0 aliphatic rings. The topological polar surface area (TPSA) is 79.0 Å². The molecule has 28 heavy (non-hydrogen) atoms. The van der Waals surface area contributed by atoms with Crippen LogP contribution in [-0.4, -0.2) is 31.3 Å². The van der Waals surface area contributed by atoms with Crippen LogP contribution in [-0.2, 0) is 0 Å². The minimum atomic E-state index is -0.692. The first-order chi connectivity index (χ1) is 13.6. The van der Waals surface area contributed by atoms with Crippen molar-refractivity contribution in [1.29, 1.82) is 0 Å². The number of aliphatic hydroxyl groups excluding tert-OH is 1. The zero-order valence-corrected chi connectivity index (χ0v) is 16.5. The lowest BCUT2D eigenvalue weighted by Crippen LogP contribution is -2.39. The average Bonchev–Trinajstić information content (AvgIpc) is 3.16. The fourth-order valence-electron chi connectivity index (χ4n) is 2.92. The number of benzene rings is 2. The molecule has 0 amide bonds. The van der Waals surface area contributed by atoms with Gasteiger partial charge in [0.2, 0.25) is 0 Å². The van der Waals surface area contributed by atoms with E-state index >= 15 is 0 Å². The van der Waals surface area contributed by atoms with E-state index in [1.807, 2.05) is 68.4 Å². The monoisotopic (exact) mass is 381 g/mol. The second-order valence-electron chi connectivity index (χ2n) is 6.56. The van der Waals surface area contributed by atoms with Gasteiger partial charge in [0.05, 0.1) is 25.8 Å². The molecule has 0 bridgehead atoms. The lowest BCUT2D eigenvalue weighted by atomic mass is 10.1. The van der Waals surface area contributed by atoms with Crippen molar-refractivity contribution >= 4 is 16.9 Å². The van der Waals surface area contributed by atoms with E-state index in [0.717, 1.165) is 34.6 Å². The molecule has 0 saturated heterocycles. The number of aliphatic imine (C=N–C) groups is 1. The zero-order chi connectivity index (χ0) is 19.9. The van der Waals surface area contributed by atoms with E-state index in [9.17, 15) is 5.11 Å². The molecule has 0 spiro atoms. The number of hydrogen-bond donors (Lipinski definition) is 3. The van der Waals surface area contributed by atoms with Gasteiger partial charge in [-0.1, -0.05) is 30.3 Å². The number of para-hydroxylation sites is 1. The van der Waals surface area contributed by atoms with E-state index in [1.54, 1.807) is 7.11 Å². The summed E-state index contributed by atoms with van der Waals surface area (Å²) in [6.07, 6.45) is -0.692. The molecular weight excluding hydrogens is 354 g/mol. The maximum absolute atomic E-state index is 10.4. The van der Waals surface area contributed by atoms with Gasteiger partial charge in [-0.3, -0.25) is 4.99 Å². The molecule has 0 radical (unpaired) electrons. The maximum Gasteiger partial charge on any atom is 0.191 e. The Hall–Kier alpha value is -2.99. The maximum atomic E-state index is 10.4. The Morgan fingerprint density at radius 3 is 2.61 bits per heavy atom. The van der Waals surface area contributed by atoms with Crippen molar-refractivity contribution in [2.75, 3.05) is 20.2 Å². The zero-order valence-electron chi connectivity index (χ0n) is 16.5. The summed E-state index contributed by atoms with van der Waals surface area (Å²) in [4.78, 5) is 4.52. The van der Waals surface area contributed by atoms with Crippen LogP contribution < -0.4 is 15.4 Å². The first-order valence-electron chi connectivity index (χ1n) is 9.46. The van der Waals surface area contributed by atoms with E-state index in [1.165, 1.54) is 0 Å². The summed E-state index contributed by atoms with van der Waals surface area (Å²) >= 11 is 0. The largest absolute Gasteiger partial charge is 0.497 e. The van der Waals surface area contributed by atoms with E-state index in [2.05, 4.69) is 15.6 Å². The number of methoxy groups -OCH3 is 1. The number of nitrogens with zero attached hydrogens (tertiary/aromatic N) is 1. The predicted molar refractivity (Wildman–Crippen MR) is 112 cm³/mol. The lowest BCUT2D eigenvalue weighted by molar-refractivity contribution is 0.187. The van der Waals surface area contributed by atoms with E-state index < -0.39 is 6.10 Å². The van der Waals surface area contributed by atoms with Gasteiger partial charge in [0.25, 0.3) is 0 Å². The van der Waals surface area contributed by atoms with Gasteiger partial charge in [0.1, 0.15) is 17.1 Å². The van der Waals surface area contributed by atoms with Crippen molar-refractivity contribution in [3.8, 4) is 5.75 Å². The molecule has 2 unspecified atom stereocenters. The first kappa shape index (κ1) is 19.8. The molecule has 0 fully saturated rings. The summed E-state index contributed by atoms with van der Waals surface area (Å²) in [5.41, 5.74) is 1.66. The number of furan rings is 1. The van der Waals surface area contributed by atoms with Gasteiger partial charge < -0.3 is 24.9 Å². The molecule has 3 N–H and O–H groups in total. The van der Waals surface area contributed by atoms with Gasteiger partial charge in [-0.2, -0.15) is 0 Å². The normalized spacial score (nSPS) is 13.9. The second kappa shape index (κ2) is 9.28. The van der Waals surface area contributed by atoms with Crippen molar-refractivity contribution in [3.05, 3.63) is 65.9 Å². The highest BCUT2D eigenvalue weighted by Gasteiger charge is 2.14. The number of fused-ring (bicyclic) bond motifs is 1. The molecule has 0 aliphatic heterocycles. The Morgan fingerprint density at radius 1 is 1.18 bits per heavy atom. The van der Waals surface area contributed by atoms with E-state index in [4.69, 9.17) is 9.15 Å². The number of aliphatic hydroxyl groups is 1. The summed E-state index contributed by atoms with van der Waals surface area (Å²) in [6.45, 7) is 4.99. The molecule has 148 valence electrons. The molecule has 0 aliphatic carbocycles. The average molecular weight is 381 g/mol. The van der Waals surface area contributed by atoms with Crippen molar-refractivity contribution in [2.45, 2.75) is 26.0 Å². The Kier molecular flexibility index (Phi) is 6.55. The molecule has 1 heterocycles. The highest BCUT2D eigenvalue weighted by molar-refractivity contribution is 5.81. The number of hydrogen-bond acceptors (Lipinski definition) is 4. The minimum absolute atomic E-state index is 0.0664. The van der Waals surface area contributed by atoms with Crippen LogP contribution in [0.4, 0.5) is 0 Å². The van der Waals surface area contributed by atoms with Crippen LogP contribution in [0.15, 0.2) is 64.0 Å². The molecule has 6 nitrogen and oxygen atoms in total. The fourth-order valence-corrected chi connectivity index (χ4v) is 2.92. The van der Waals surface area contributed by atoms with Gasteiger partial charge in [0.15, 0.2) is 5.96 Å². The van der Waals surface area contributed by atoms with Crippen molar-refractivity contribution in [1.82, 2.24) is 10.6 Å². The Balaban J connectivity index is 1.67. The number of ether oxygens (including phenoxy) is 1. The lowest BCUT2D eigenvalue weighted by Gasteiger charge is -2.17. The number of rotatable bonds is 7. The van der Waals surface area contributed by atoms with Gasteiger partial charge >= 0.3 is 0 Å². The Labute approximate surface area is 165 Å². The van der Waals surface area contributed by atoms with Crippen molar-refractivity contribution in [2.24, 2.45) is 4.99 Å². The molecule has 6 heteroatoms. The van der Waals surface area contributed by atoms with Crippen LogP contribution in [0.1, 0.15) is 37.3 Å². The van der Waals surface area contributed by atoms with E-state index in [0.29, 0.717) is 5.96 Å². The van der Waals surface area contributed by atoms with Crippen molar-refractivity contribution in [3.63, 3.8) is 0 Å². The summed E-state index contributed by atoms with van der Waals surface area (Å²) in [5, 5.41) is 18.0. The van der Waals surface area contributed by atoms with Gasteiger partial charge in [-0.05, 0) is 43.7 Å². The number of guanidine groups is 1. The minimum Gasteiger partial charge on any atom is -0.497 e. The van der Waals surface area contributed by atoms with Crippen LogP contribution in [0.2, 0.25) is 0 Å². The summed E-state index contributed by atoms with van der Waals surface area (Å²) in [6, 6.07) is 17.2. The molecule has 2 aromatic carbocycles. The quantitative estimate of drug-likeness (QED) is 0.429. The molecule has 1 aromatic heterocycles. The molecule has 3 aromatic rings. The van der Waals surface area contributed by atoms with Crippen LogP contribution in [0, 0.1) is 0 Å². The Morgan fingerprint density at radius 2 is 1.93 bits per heavy atom.